The molecule has 0 amide bonds. The summed E-state index contributed by atoms with van der Waals surface area (Å²) in [4.78, 5) is 10.8. The number of carbonyl (C=O) groups is 1. The van der Waals surface area contributed by atoms with Crippen LogP contribution in [0.5, 0.6) is 0 Å². The highest BCUT2D eigenvalue weighted by atomic mass is 16.7. The second kappa shape index (κ2) is 7.36. The zero-order chi connectivity index (χ0) is 14.4. The van der Waals surface area contributed by atoms with E-state index in [4.69, 9.17) is 14.6 Å². The van der Waals surface area contributed by atoms with Crippen LogP contribution in [-0.2, 0) is 14.3 Å². The lowest BCUT2D eigenvalue weighted by Crippen LogP contribution is -2.14. The van der Waals surface area contributed by atoms with E-state index in [1.807, 2.05) is 0 Å². The van der Waals surface area contributed by atoms with Crippen molar-refractivity contribution in [3.05, 3.63) is 24.2 Å². The summed E-state index contributed by atoms with van der Waals surface area (Å²) in [5.74, 6) is -0.464. The molecule has 0 aliphatic heterocycles. The lowest BCUT2D eigenvalue weighted by molar-refractivity contribution is -0.132. The van der Waals surface area contributed by atoms with Crippen LogP contribution in [-0.4, -0.2) is 23.3 Å². The topological polar surface area (TPSA) is 55.8 Å². The highest BCUT2D eigenvalue weighted by molar-refractivity contribution is 5.86. The molecule has 0 radical (unpaired) electrons. The largest absolute Gasteiger partial charge is 0.478 e. The molecule has 0 unspecified atom stereocenters. The molecule has 0 atom stereocenters. The molecule has 0 saturated heterocycles. The third kappa shape index (κ3) is 4.58. The fourth-order valence-electron chi connectivity index (χ4n) is 2.76. The summed E-state index contributed by atoms with van der Waals surface area (Å²) in [6.45, 7) is 3.53. The average molecular weight is 280 g/mol. The lowest BCUT2D eigenvalue weighted by Gasteiger charge is -2.20. The van der Waals surface area contributed by atoms with Gasteiger partial charge in [-0.2, -0.15) is 0 Å². The van der Waals surface area contributed by atoms with E-state index in [-0.39, 0.29) is 24.2 Å². The van der Waals surface area contributed by atoms with Crippen LogP contribution in [0.15, 0.2) is 24.2 Å². The molecule has 2 saturated carbocycles. The van der Waals surface area contributed by atoms with Gasteiger partial charge in [-0.25, -0.2) is 4.79 Å². The predicted molar refractivity (Wildman–Crippen MR) is 76.2 cm³/mol. The van der Waals surface area contributed by atoms with Gasteiger partial charge >= 0.3 is 5.97 Å². The molecule has 2 aliphatic rings. The Morgan fingerprint density at radius 3 is 1.90 bits per heavy atom. The van der Waals surface area contributed by atoms with Crippen LogP contribution in [0.2, 0.25) is 0 Å². The van der Waals surface area contributed by atoms with Gasteiger partial charge in [0.15, 0.2) is 0 Å². The SMILES string of the molecule is C=C(CC=C(OC1CCCC1)OC1CCCC1)C(=O)O. The molecular weight excluding hydrogens is 256 g/mol. The van der Waals surface area contributed by atoms with Crippen molar-refractivity contribution in [1.82, 2.24) is 0 Å². The molecule has 2 rings (SSSR count). The minimum absolute atomic E-state index is 0.160. The normalized spacial score (nSPS) is 19.8. The van der Waals surface area contributed by atoms with Gasteiger partial charge in [-0.3, -0.25) is 0 Å². The summed E-state index contributed by atoms with van der Waals surface area (Å²) >= 11 is 0. The van der Waals surface area contributed by atoms with E-state index in [1.165, 1.54) is 25.7 Å². The quantitative estimate of drug-likeness (QED) is 0.569. The second-order valence-corrected chi connectivity index (χ2v) is 5.68. The fourth-order valence-corrected chi connectivity index (χ4v) is 2.76. The van der Waals surface area contributed by atoms with Crippen LogP contribution >= 0.6 is 0 Å². The van der Waals surface area contributed by atoms with Gasteiger partial charge in [0.25, 0.3) is 5.95 Å². The monoisotopic (exact) mass is 280 g/mol. The van der Waals surface area contributed by atoms with Crippen molar-refractivity contribution in [2.24, 2.45) is 0 Å². The van der Waals surface area contributed by atoms with Gasteiger partial charge in [-0.15, -0.1) is 0 Å². The zero-order valence-electron chi connectivity index (χ0n) is 12.0. The second-order valence-electron chi connectivity index (χ2n) is 5.68. The van der Waals surface area contributed by atoms with E-state index in [1.54, 1.807) is 6.08 Å². The van der Waals surface area contributed by atoms with Crippen molar-refractivity contribution >= 4 is 5.97 Å². The Morgan fingerprint density at radius 1 is 1.05 bits per heavy atom. The van der Waals surface area contributed by atoms with Crippen molar-refractivity contribution in [2.45, 2.75) is 70.0 Å². The van der Waals surface area contributed by atoms with Crippen molar-refractivity contribution in [1.29, 1.82) is 0 Å². The van der Waals surface area contributed by atoms with E-state index in [0.29, 0.717) is 5.95 Å². The minimum Gasteiger partial charge on any atom is -0.478 e. The van der Waals surface area contributed by atoms with Gasteiger partial charge in [0.05, 0.1) is 0 Å². The summed E-state index contributed by atoms with van der Waals surface area (Å²) in [6.07, 6.45) is 11.5. The van der Waals surface area contributed by atoms with Crippen molar-refractivity contribution in [3.63, 3.8) is 0 Å². The molecule has 0 aromatic carbocycles. The van der Waals surface area contributed by atoms with Crippen LogP contribution in [0.1, 0.15) is 57.8 Å². The zero-order valence-corrected chi connectivity index (χ0v) is 12.0. The van der Waals surface area contributed by atoms with E-state index in [2.05, 4.69) is 6.58 Å². The first-order valence-corrected chi connectivity index (χ1v) is 7.59. The number of ether oxygens (including phenoxy) is 2. The third-order valence-electron chi connectivity index (χ3n) is 3.99. The van der Waals surface area contributed by atoms with Crippen LogP contribution in [0.3, 0.4) is 0 Å². The Bertz CT molecular complexity index is 354. The maximum absolute atomic E-state index is 10.8. The highest BCUT2D eigenvalue weighted by Crippen LogP contribution is 2.28. The molecule has 4 heteroatoms. The summed E-state index contributed by atoms with van der Waals surface area (Å²) < 4.78 is 11.8. The summed E-state index contributed by atoms with van der Waals surface area (Å²) in [6, 6.07) is 0. The first-order chi connectivity index (χ1) is 9.65. The summed E-state index contributed by atoms with van der Waals surface area (Å²) in [5.41, 5.74) is 0.160. The van der Waals surface area contributed by atoms with Gasteiger partial charge in [0.1, 0.15) is 12.2 Å². The number of allylic oxidation sites excluding steroid dienone is 1. The lowest BCUT2D eigenvalue weighted by atomic mass is 10.2. The van der Waals surface area contributed by atoms with Gasteiger partial charge in [-0.05, 0) is 51.4 Å². The summed E-state index contributed by atoms with van der Waals surface area (Å²) in [7, 11) is 0. The summed E-state index contributed by atoms with van der Waals surface area (Å²) in [5, 5.41) is 8.85. The molecule has 2 aliphatic carbocycles. The predicted octanol–water partition coefficient (Wildman–Crippen LogP) is 3.78. The number of hydrogen-bond acceptors (Lipinski definition) is 3. The van der Waals surface area contributed by atoms with E-state index in [9.17, 15) is 4.79 Å². The molecule has 0 spiro atoms. The van der Waals surface area contributed by atoms with Gasteiger partial charge in [0.2, 0.25) is 0 Å². The number of rotatable bonds is 7. The molecule has 0 aromatic heterocycles. The van der Waals surface area contributed by atoms with Crippen molar-refractivity contribution < 1.29 is 19.4 Å². The van der Waals surface area contributed by atoms with Crippen LogP contribution in [0.4, 0.5) is 0 Å². The molecule has 112 valence electrons. The first kappa shape index (κ1) is 14.9. The molecular formula is C16H24O4. The molecule has 2 fully saturated rings. The minimum atomic E-state index is -0.970. The van der Waals surface area contributed by atoms with Crippen LogP contribution in [0, 0.1) is 0 Å². The van der Waals surface area contributed by atoms with Crippen LogP contribution in [0.25, 0.3) is 0 Å². The smallest absolute Gasteiger partial charge is 0.331 e. The number of aliphatic carboxylic acids is 1. The van der Waals surface area contributed by atoms with E-state index < -0.39 is 5.97 Å². The standard InChI is InChI=1S/C16H24O4/c1-12(16(17)18)10-11-15(19-13-6-2-3-7-13)20-14-8-4-5-9-14/h11,13-14H,1-10H2,(H,17,18). The van der Waals surface area contributed by atoms with Gasteiger partial charge in [-0.1, -0.05) is 6.58 Å². The average Bonchev–Trinajstić information content (AvgIpc) is 3.08. The van der Waals surface area contributed by atoms with E-state index in [0.717, 1.165) is 25.7 Å². The molecule has 4 nitrogen and oxygen atoms in total. The van der Waals surface area contributed by atoms with E-state index >= 15 is 0 Å². The first-order valence-electron chi connectivity index (χ1n) is 7.59. The molecule has 1 N–H and O–H groups in total. The van der Waals surface area contributed by atoms with Crippen LogP contribution < -0.4 is 0 Å². The Labute approximate surface area is 120 Å². The number of carboxylic acid groups (broad SMARTS) is 1. The third-order valence-corrected chi connectivity index (χ3v) is 3.99. The number of hydrogen-bond donors (Lipinski definition) is 1. The fraction of sp³-hybridized carbons (Fsp3) is 0.688. The molecule has 0 heterocycles. The molecule has 0 aromatic rings. The molecule has 0 bridgehead atoms. The maximum atomic E-state index is 10.8. The Morgan fingerprint density at radius 2 is 1.50 bits per heavy atom. The Hall–Kier alpha value is -1.45. The maximum Gasteiger partial charge on any atom is 0.331 e. The molecule has 20 heavy (non-hydrogen) atoms. The Balaban J connectivity index is 1.91. The van der Waals surface area contributed by atoms with Crippen molar-refractivity contribution in [3.8, 4) is 0 Å². The Kier molecular flexibility index (Phi) is 5.50. The van der Waals surface area contributed by atoms with Gasteiger partial charge in [0, 0.05) is 18.1 Å². The highest BCUT2D eigenvalue weighted by Gasteiger charge is 2.22. The van der Waals surface area contributed by atoms with Gasteiger partial charge < -0.3 is 14.6 Å². The van der Waals surface area contributed by atoms with Crippen molar-refractivity contribution in [2.75, 3.05) is 0 Å². The number of carboxylic acids is 1.